The molecule has 4 atom stereocenters. The summed E-state index contributed by atoms with van der Waals surface area (Å²) in [5.74, 6) is 0.827. The summed E-state index contributed by atoms with van der Waals surface area (Å²) in [5, 5.41) is 0. The Morgan fingerprint density at radius 1 is 0.789 bits per heavy atom. The van der Waals surface area contributed by atoms with Crippen LogP contribution in [0.4, 0.5) is 0 Å². The van der Waals surface area contributed by atoms with Gasteiger partial charge in [-0.3, -0.25) is 0 Å². The second kappa shape index (κ2) is 5.19. The van der Waals surface area contributed by atoms with Gasteiger partial charge in [-0.25, -0.2) is 0 Å². The van der Waals surface area contributed by atoms with Crippen LogP contribution in [0.1, 0.15) is 41.5 Å². The molecule has 0 spiro atoms. The van der Waals surface area contributed by atoms with Crippen LogP contribution in [0.15, 0.2) is 12.2 Å². The van der Waals surface area contributed by atoms with E-state index in [4.69, 9.17) is 14.2 Å². The molecule has 0 N–H and O–H groups in total. The molecule has 0 radical (unpaired) electrons. The fraction of sp³-hybridized carbons (Fsp3) is 0.875. The van der Waals surface area contributed by atoms with E-state index in [1.165, 1.54) is 0 Å². The van der Waals surface area contributed by atoms with Crippen molar-refractivity contribution >= 4 is 0 Å². The maximum absolute atomic E-state index is 5.96. The maximum atomic E-state index is 5.96. The van der Waals surface area contributed by atoms with Gasteiger partial charge in [0, 0.05) is 11.8 Å². The molecule has 0 amide bonds. The molecule has 0 aromatic heterocycles. The number of rotatable bonds is 4. The topological polar surface area (TPSA) is 27.7 Å². The SMILES string of the molecule is CC(C)(C)OCC1C2C=CC(O2)C1COC(C)(C)C. The summed E-state index contributed by atoms with van der Waals surface area (Å²) in [6, 6.07) is 0. The van der Waals surface area contributed by atoms with Gasteiger partial charge in [-0.2, -0.15) is 0 Å². The van der Waals surface area contributed by atoms with Crippen molar-refractivity contribution < 1.29 is 14.2 Å². The van der Waals surface area contributed by atoms with Crippen LogP contribution in [0.2, 0.25) is 0 Å². The summed E-state index contributed by atoms with van der Waals surface area (Å²) in [6.45, 7) is 14.1. The molecule has 1 fully saturated rings. The van der Waals surface area contributed by atoms with Crippen molar-refractivity contribution in [3.05, 3.63) is 12.2 Å². The van der Waals surface area contributed by atoms with Crippen molar-refractivity contribution in [2.75, 3.05) is 13.2 Å². The van der Waals surface area contributed by atoms with Crippen LogP contribution >= 0.6 is 0 Å². The van der Waals surface area contributed by atoms with Crippen LogP contribution in [-0.4, -0.2) is 36.6 Å². The Morgan fingerprint density at radius 3 is 1.47 bits per heavy atom. The molecule has 19 heavy (non-hydrogen) atoms. The second-order valence-electron chi connectivity index (χ2n) is 7.62. The van der Waals surface area contributed by atoms with E-state index in [2.05, 4.69) is 53.7 Å². The molecular weight excluding hydrogens is 240 g/mol. The Balaban J connectivity index is 1.94. The van der Waals surface area contributed by atoms with Gasteiger partial charge in [-0.05, 0) is 41.5 Å². The zero-order valence-corrected chi connectivity index (χ0v) is 13.1. The molecule has 3 nitrogen and oxygen atoms in total. The van der Waals surface area contributed by atoms with E-state index in [0.717, 1.165) is 13.2 Å². The van der Waals surface area contributed by atoms with Crippen LogP contribution < -0.4 is 0 Å². The van der Waals surface area contributed by atoms with Gasteiger partial charge >= 0.3 is 0 Å². The van der Waals surface area contributed by atoms with Gasteiger partial charge in [-0.15, -0.1) is 0 Å². The molecule has 0 aliphatic carbocycles. The summed E-state index contributed by atoms with van der Waals surface area (Å²) in [6.07, 6.45) is 4.77. The fourth-order valence-electron chi connectivity index (χ4n) is 2.60. The molecule has 4 unspecified atom stereocenters. The smallest absolute Gasteiger partial charge is 0.0819 e. The van der Waals surface area contributed by atoms with E-state index in [0.29, 0.717) is 11.8 Å². The predicted octanol–water partition coefficient (Wildman–Crippen LogP) is 3.19. The monoisotopic (exact) mass is 268 g/mol. The zero-order chi connectivity index (χ0) is 14.3. The van der Waals surface area contributed by atoms with E-state index >= 15 is 0 Å². The van der Waals surface area contributed by atoms with E-state index in [-0.39, 0.29) is 23.4 Å². The molecule has 110 valence electrons. The molecule has 3 heteroatoms. The molecule has 2 aliphatic rings. The first kappa shape index (κ1) is 15.0. The third-order valence-electron chi connectivity index (χ3n) is 3.62. The van der Waals surface area contributed by atoms with Crippen molar-refractivity contribution in [3.63, 3.8) is 0 Å². The van der Waals surface area contributed by atoms with E-state index in [9.17, 15) is 0 Å². The van der Waals surface area contributed by atoms with Crippen LogP contribution in [0.3, 0.4) is 0 Å². The normalized spacial score (nSPS) is 34.2. The lowest BCUT2D eigenvalue weighted by Gasteiger charge is -2.30. The molecule has 0 aromatic rings. The number of hydrogen-bond donors (Lipinski definition) is 0. The highest BCUT2D eigenvalue weighted by molar-refractivity contribution is 5.14. The first-order valence-corrected chi connectivity index (χ1v) is 7.27. The molecule has 0 aromatic carbocycles. The number of ether oxygens (including phenoxy) is 3. The van der Waals surface area contributed by atoms with Crippen molar-refractivity contribution in [1.29, 1.82) is 0 Å². The van der Waals surface area contributed by atoms with Crippen LogP contribution in [-0.2, 0) is 14.2 Å². The van der Waals surface area contributed by atoms with Gasteiger partial charge < -0.3 is 14.2 Å². The van der Waals surface area contributed by atoms with Gasteiger partial charge in [0.25, 0.3) is 0 Å². The van der Waals surface area contributed by atoms with Gasteiger partial charge in [0.05, 0.1) is 36.6 Å². The predicted molar refractivity (Wildman–Crippen MR) is 76.2 cm³/mol. The summed E-state index contributed by atoms with van der Waals surface area (Å²) in [7, 11) is 0. The van der Waals surface area contributed by atoms with Crippen molar-refractivity contribution in [2.45, 2.75) is 65.0 Å². The fourth-order valence-corrected chi connectivity index (χ4v) is 2.60. The van der Waals surface area contributed by atoms with Crippen molar-refractivity contribution in [2.24, 2.45) is 11.8 Å². The van der Waals surface area contributed by atoms with Gasteiger partial charge in [0.2, 0.25) is 0 Å². The van der Waals surface area contributed by atoms with Crippen LogP contribution in [0.5, 0.6) is 0 Å². The first-order chi connectivity index (χ1) is 8.66. The van der Waals surface area contributed by atoms with Crippen LogP contribution in [0, 0.1) is 11.8 Å². The van der Waals surface area contributed by atoms with Gasteiger partial charge in [-0.1, -0.05) is 12.2 Å². The van der Waals surface area contributed by atoms with E-state index < -0.39 is 0 Å². The molecule has 2 rings (SSSR count). The lowest BCUT2D eigenvalue weighted by atomic mass is 9.84. The molecule has 0 saturated carbocycles. The third kappa shape index (κ3) is 4.04. The Hall–Kier alpha value is -0.380. The largest absolute Gasteiger partial charge is 0.375 e. The highest BCUT2D eigenvalue weighted by atomic mass is 16.5. The highest BCUT2D eigenvalue weighted by Crippen LogP contribution is 2.40. The van der Waals surface area contributed by atoms with Crippen molar-refractivity contribution in [3.8, 4) is 0 Å². The number of fused-ring (bicyclic) bond motifs is 2. The quantitative estimate of drug-likeness (QED) is 0.733. The summed E-state index contributed by atoms with van der Waals surface area (Å²) < 4.78 is 17.9. The minimum absolute atomic E-state index is 0.0962. The summed E-state index contributed by atoms with van der Waals surface area (Å²) >= 11 is 0. The van der Waals surface area contributed by atoms with Crippen LogP contribution in [0.25, 0.3) is 0 Å². The van der Waals surface area contributed by atoms with E-state index in [1.807, 2.05) is 0 Å². The second-order valence-corrected chi connectivity index (χ2v) is 7.62. The summed E-state index contributed by atoms with van der Waals surface area (Å²) in [5.41, 5.74) is -0.192. The van der Waals surface area contributed by atoms with E-state index in [1.54, 1.807) is 0 Å². The third-order valence-corrected chi connectivity index (χ3v) is 3.62. The lowest BCUT2D eigenvalue weighted by molar-refractivity contribution is -0.0596. The maximum Gasteiger partial charge on any atom is 0.0819 e. The molecule has 2 aliphatic heterocycles. The summed E-state index contributed by atoms with van der Waals surface area (Å²) in [4.78, 5) is 0. The standard InChI is InChI=1S/C16H28O3/c1-15(2,3)17-9-11-12(10-18-16(4,5)6)14-8-7-13(11)19-14/h7-8,11-14H,9-10H2,1-6H3. The van der Waals surface area contributed by atoms with Crippen molar-refractivity contribution in [1.82, 2.24) is 0 Å². The first-order valence-electron chi connectivity index (χ1n) is 7.27. The Kier molecular flexibility index (Phi) is 4.10. The lowest BCUT2D eigenvalue weighted by Crippen LogP contribution is -2.36. The minimum Gasteiger partial charge on any atom is -0.375 e. The molecular formula is C16H28O3. The van der Waals surface area contributed by atoms with Gasteiger partial charge in [0.1, 0.15) is 0 Å². The molecule has 2 bridgehead atoms. The Morgan fingerprint density at radius 2 is 1.16 bits per heavy atom. The molecule has 1 saturated heterocycles. The average Bonchev–Trinajstić information content (AvgIpc) is 2.81. The average molecular weight is 268 g/mol. The minimum atomic E-state index is -0.0962. The van der Waals surface area contributed by atoms with Gasteiger partial charge in [0.15, 0.2) is 0 Å². The molecule has 2 heterocycles. The highest BCUT2D eigenvalue weighted by Gasteiger charge is 2.46. The number of hydrogen-bond acceptors (Lipinski definition) is 3. The Bertz CT molecular complexity index is 303. The Labute approximate surface area is 117 Å². The zero-order valence-electron chi connectivity index (χ0n) is 13.1.